The number of carbonyl (C=O) groups is 2. The lowest BCUT2D eigenvalue weighted by molar-refractivity contribution is -0.137. The number of methoxy groups -OCH3 is 1. The van der Waals surface area contributed by atoms with Gasteiger partial charge in [-0.2, -0.15) is 0 Å². The molecule has 0 radical (unpaired) electrons. The Kier molecular flexibility index (Phi) is 5.28. The summed E-state index contributed by atoms with van der Waals surface area (Å²) in [7, 11) is 1.38. The van der Waals surface area contributed by atoms with Gasteiger partial charge in [0, 0.05) is 11.3 Å². The van der Waals surface area contributed by atoms with Crippen molar-refractivity contribution in [3.05, 3.63) is 22.1 Å². The lowest BCUT2D eigenvalue weighted by Crippen LogP contribution is -2.09. The fourth-order valence-corrected chi connectivity index (χ4v) is 2.66. The Morgan fingerprint density at radius 3 is 2.71 bits per heavy atom. The Morgan fingerprint density at radius 2 is 2.18 bits per heavy atom. The van der Waals surface area contributed by atoms with Gasteiger partial charge >= 0.3 is 11.9 Å². The maximum absolute atomic E-state index is 11.4. The molecule has 0 aromatic rings. The topological polar surface area (TPSA) is 63.6 Å². The number of allylic oxidation sites excluding steroid dienone is 3. The first kappa shape index (κ1) is 13.8. The third-order valence-corrected chi connectivity index (χ3v) is 3.61. The number of ether oxygens (including phenoxy) is 1. The molecule has 0 amide bonds. The first-order chi connectivity index (χ1) is 8.04. The van der Waals surface area contributed by atoms with Crippen molar-refractivity contribution in [1.82, 2.24) is 0 Å². The largest absolute Gasteiger partial charge is 0.481 e. The summed E-state index contributed by atoms with van der Waals surface area (Å²) in [6.07, 6.45) is 3.56. The third kappa shape index (κ3) is 4.26. The SMILES string of the molecule is COC(=O)C1=C(C)C=C(SCCC(=O)O)CC1. The number of aliphatic carboxylic acids is 1. The van der Waals surface area contributed by atoms with Crippen LogP contribution < -0.4 is 0 Å². The second kappa shape index (κ2) is 6.49. The van der Waals surface area contributed by atoms with E-state index in [0.717, 1.165) is 22.5 Å². The van der Waals surface area contributed by atoms with E-state index in [1.807, 2.05) is 13.0 Å². The molecule has 0 spiro atoms. The summed E-state index contributed by atoms with van der Waals surface area (Å²) >= 11 is 1.54. The number of esters is 1. The third-order valence-electron chi connectivity index (χ3n) is 2.51. The van der Waals surface area contributed by atoms with E-state index in [1.54, 1.807) is 11.8 Å². The molecule has 4 nitrogen and oxygen atoms in total. The molecule has 5 heteroatoms. The number of carboxylic acid groups (broad SMARTS) is 1. The van der Waals surface area contributed by atoms with Crippen LogP contribution >= 0.6 is 11.8 Å². The smallest absolute Gasteiger partial charge is 0.333 e. The summed E-state index contributed by atoms with van der Waals surface area (Å²) in [5, 5.41) is 8.54. The van der Waals surface area contributed by atoms with E-state index in [0.29, 0.717) is 12.2 Å². The zero-order chi connectivity index (χ0) is 12.8. The van der Waals surface area contributed by atoms with Crippen LogP contribution in [0.1, 0.15) is 26.2 Å². The van der Waals surface area contributed by atoms with Gasteiger partial charge in [0.2, 0.25) is 0 Å². The highest BCUT2D eigenvalue weighted by molar-refractivity contribution is 8.03. The van der Waals surface area contributed by atoms with Gasteiger partial charge < -0.3 is 9.84 Å². The van der Waals surface area contributed by atoms with Crippen LogP contribution in [0.4, 0.5) is 0 Å². The minimum absolute atomic E-state index is 0.161. The lowest BCUT2D eigenvalue weighted by atomic mass is 9.99. The highest BCUT2D eigenvalue weighted by Crippen LogP contribution is 2.31. The summed E-state index contributed by atoms with van der Waals surface area (Å²) in [6.45, 7) is 1.88. The van der Waals surface area contributed by atoms with Crippen LogP contribution in [-0.2, 0) is 14.3 Å². The van der Waals surface area contributed by atoms with Gasteiger partial charge in [0.05, 0.1) is 13.5 Å². The van der Waals surface area contributed by atoms with Crippen molar-refractivity contribution in [1.29, 1.82) is 0 Å². The van der Waals surface area contributed by atoms with Crippen LogP contribution in [0.25, 0.3) is 0 Å². The van der Waals surface area contributed by atoms with Crippen molar-refractivity contribution >= 4 is 23.7 Å². The lowest BCUT2D eigenvalue weighted by Gasteiger charge is -2.16. The van der Waals surface area contributed by atoms with E-state index >= 15 is 0 Å². The van der Waals surface area contributed by atoms with Gasteiger partial charge in [0.25, 0.3) is 0 Å². The highest BCUT2D eigenvalue weighted by Gasteiger charge is 2.17. The Balaban J connectivity index is 2.59. The molecule has 0 saturated heterocycles. The monoisotopic (exact) mass is 256 g/mol. The van der Waals surface area contributed by atoms with Crippen molar-refractivity contribution in [2.45, 2.75) is 26.2 Å². The van der Waals surface area contributed by atoms with Crippen molar-refractivity contribution in [2.75, 3.05) is 12.9 Å². The fraction of sp³-hybridized carbons (Fsp3) is 0.500. The van der Waals surface area contributed by atoms with Gasteiger partial charge in [-0.15, -0.1) is 11.8 Å². The van der Waals surface area contributed by atoms with Crippen LogP contribution in [0.5, 0.6) is 0 Å². The van der Waals surface area contributed by atoms with Crippen LogP contribution in [-0.4, -0.2) is 29.9 Å². The van der Waals surface area contributed by atoms with Crippen molar-refractivity contribution < 1.29 is 19.4 Å². The Morgan fingerprint density at radius 1 is 1.47 bits per heavy atom. The minimum atomic E-state index is -0.781. The number of carboxylic acids is 1. The molecular formula is C12H16O4S. The van der Waals surface area contributed by atoms with E-state index in [-0.39, 0.29) is 12.4 Å². The molecule has 0 aliphatic heterocycles. The van der Waals surface area contributed by atoms with Gasteiger partial charge in [0.1, 0.15) is 0 Å². The highest BCUT2D eigenvalue weighted by atomic mass is 32.2. The second-order valence-electron chi connectivity index (χ2n) is 3.76. The summed E-state index contributed by atoms with van der Waals surface area (Å²) in [5.74, 6) is -0.480. The number of thioether (sulfide) groups is 1. The van der Waals surface area contributed by atoms with E-state index in [2.05, 4.69) is 0 Å². The van der Waals surface area contributed by atoms with E-state index in [1.165, 1.54) is 7.11 Å². The van der Waals surface area contributed by atoms with Crippen LogP contribution in [0.3, 0.4) is 0 Å². The standard InChI is InChI=1S/C12H16O4S/c1-8-7-9(17-6-5-11(13)14)3-4-10(8)12(15)16-2/h7H,3-6H2,1-2H3,(H,13,14). The molecule has 0 aromatic heterocycles. The normalized spacial score (nSPS) is 15.5. The molecule has 0 aromatic carbocycles. The Bertz CT molecular complexity index is 382. The van der Waals surface area contributed by atoms with Gasteiger partial charge in [-0.1, -0.05) is 0 Å². The maximum Gasteiger partial charge on any atom is 0.333 e. The van der Waals surface area contributed by atoms with Gasteiger partial charge in [-0.3, -0.25) is 4.79 Å². The average molecular weight is 256 g/mol. The first-order valence-electron chi connectivity index (χ1n) is 5.38. The second-order valence-corrected chi connectivity index (χ2v) is 4.98. The number of hydrogen-bond acceptors (Lipinski definition) is 4. The average Bonchev–Trinajstić information content (AvgIpc) is 2.28. The predicted molar refractivity (Wildman–Crippen MR) is 66.7 cm³/mol. The molecule has 1 aliphatic carbocycles. The van der Waals surface area contributed by atoms with E-state index in [4.69, 9.17) is 9.84 Å². The quantitative estimate of drug-likeness (QED) is 0.765. The van der Waals surface area contributed by atoms with Crippen molar-refractivity contribution in [3.63, 3.8) is 0 Å². The maximum atomic E-state index is 11.4. The van der Waals surface area contributed by atoms with Crippen molar-refractivity contribution in [2.24, 2.45) is 0 Å². The zero-order valence-corrected chi connectivity index (χ0v) is 10.8. The molecule has 0 heterocycles. The molecular weight excluding hydrogens is 240 g/mol. The summed E-state index contributed by atoms with van der Waals surface area (Å²) in [6, 6.07) is 0. The van der Waals surface area contributed by atoms with Crippen LogP contribution in [0, 0.1) is 0 Å². The molecule has 0 bridgehead atoms. The predicted octanol–water partition coefficient (Wildman–Crippen LogP) is 2.36. The number of hydrogen-bond donors (Lipinski definition) is 1. The molecule has 1 rings (SSSR count). The molecule has 0 atom stereocenters. The fourth-order valence-electron chi connectivity index (χ4n) is 1.62. The zero-order valence-electron chi connectivity index (χ0n) is 9.99. The van der Waals surface area contributed by atoms with Gasteiger partial charge in [-0.25, -0.2) is 4.79 Å². The summed E-state index contributed by atoms with van der Waals surface area (Å²) < 4.78 is 4.70. The Labute approximate surface area is 105 Å². The molecule has 0 unspecified atom stereocenters. The van der Waals surface area contributed by atoms with Crippen LogP contribution in [0.2, 0.25) is 0 Å². The van der Waals surface area contributed by atoms with Gasteiger partial charge in [-0.05, 0) is 36.3 Å². The number of carbonyl (C=O) groups excluding carboxylic acids is 1. The number of rotatable bonds is 5. The summed E-state index contributed by atoms with van der Waals surface area (Å²) in [5.41, 5.74) is 1.64. The van der Waals surface area contributed by atoms with Gasteiger partial charge in [0.15, 0.2) is 0 Å². The van der Waals surface area contributed by atoms with Crippen molar-refractivity contribution in [3.8, 4) is 0 Å². The first-order valence-corrected chi connectivity index (χ1v) is 6.36. The molecule has 17 heavy (non-hydrogen) atoms. The molecule has 0 fully saturated rings. The Hall–Kier alpha value is -1.23. The van der Waals surface area contributed by atoms with Crippen LogP contribution in [0.15, 0.2) is 22.1 Å². The van der Waals surface area contributed by atoms with E-state index < -0.39 is 5.97 Å². The summed E-state index contributed by atoms with van der Waals surface area (Å²) in [4.78, 5) is 22.9. The molecule has 1 N–H and O–H groups in total. The molecule has 94 valence electrons. The molecule has 0 saturated carbocycles. The minimum Gasteiger partial charge on any atom is -0.481 e. The van der Waals surface area contributed by atoms with E-state index in [9.17, 15) is 9.59 Å². The molecule has 1 aliphatic rings.